The monoisotopic (exact) mass is 327 g/mol. The van der Waals surface area contributed by atoms with Gasteiger partial charge in [0.1, 0.15) is 0 Å². The fourth-order valence-electron chi connectivity index (χ4n) is 2.00. The maximum Gasteiger partial charge on any atom is 0.242 e. The predicted molar refractivity (Wildman–Crippen MR) is 86.0 cm³/mol. The van der Waals surface area contributed by atoms with E-state index in [0.29, 0.717) is 24.4 Å². The summed E-state index contributed by atoms with van der Waals surface area (Å²) in [6.45, 7) is 3.96. The van der Waals surface area contributed by atoms with Gasteiger partial charge in [-0.1, -0.05) is 13.0 Å². The van der Waals surface area contributed by atoms with Crippen molar-refractivity contribution in [1.29, 1.82) is 0 Å². The zero-order valence-corrected chi connectivity index (χ0v) is 13.9. The summed E-state index contributed by atoms with van der Waals surface area (Å²) in [6, 6.07) is 5.70. The van der Waals surface area contributed by atoms with E-state index >= 15 is 0 Å². The SMILES string of the molecule is CCNCc1cc(S(=O)(=O)NCCc2cccs2)cn1C. The number of nitrogens with zero attached hydrogens (tertiary/aromatic N) is 1. The Morgan fingerprint density at radius 1 is 1.38 bits per heavy atom. The molecule has 2 N–H and O–H groups in total. The normalized spacial score (nSPS) is 11.9. The zero-order chi connectivity index (χ0) is 15.3. The van der Waals surface area contributed by atoms with Crippen molar-refractivity contribution in [2.75, 3.05) is 13.1 Å². The zero-order valence-electron chi connectivity index (χ0n) is 12.3. The summed E-state index contributed by atoms with van der Waals surface area (Å²) in [6.07, 6.45) is 2.37. The third-order valence-corrected chi connectivity index (χ3v) is 5.56. The van der Waals surface area contributed by atoms with Crippen molar-refractivity contribution in [1.82, 2.24) is 14.6 Å². The van der Waals surface area contributed by atoms with Gasteiger partial charge < -0.3 is 9.88 Å². The lowest BCUT2D eigenvalue weighted by molar-refractivity contribution is 0.581. The number of rotatable bonds is 8. The van der Waals surface area contributed by atoms with E-state index in [4.69, 9.17) is 0 Å². The number of nitrogens with one attached hydrogen (secondary N) is 2. The number of thiophene rings is 1. The van der Waals surface area contributed by atoms with Gasteiger partial charge in [-0.05, 0) is 30.5 Å². The van der Waals surface area contributed by atoms with Crippen molar-refractivity contribution in [3.05, 3.63) is 40.3 Å². The summed E-state index contributed by atoms with van der Waals surface area (Å²) in [5.41, 5.74) is 0.954. The van der Waals surface area contributed by atoms with Crippen LogP contribution in [0.15, 0.2) is 34.7 Å². The van der Waals surface area contributed by atoms with Gasteiger partial charge in [-0.15, -0.1) is 11.3 Å². The molecule has 0 bridgehead atoms. The van der Waals surface area contributed by atoms with Crippen molar-refractivity contribution < 1.29 is 8.42 Å². The Balaban J connectivity index is 1.98. The Kier molecular flexibility index (Phi) is 5.58. The van der Waals surface area contributed by atoms with Crippen LogP contribution in [0.5, 0.6) is 0 Å². The molecule has 2 heterocycles. The average Bonchev–Trinajstić information content (AvgIpc) is 3.06. The molecule has 2 aromatic rings. The number of hydrogen-bond acceptors (Lipinski definition) is 4. The molecule has 116 valence electrons. The Morgan fingerprint density at radius 3 is 2.86 bits per heavy atom. The molecule has 0 saturated heterocycles. The lowest BCUT2D eigenvalue weighted by atomic mass is 10.3. The number of aromatic nitrogens is 1. The first-order chi connectivity index (χ1) is 10.0. The van der Waals surface area contributed by atoms with Gasteiger partial charge >= 0.3 is 0 Å². The lowest BCUT2D eigenvalue weighted by Crippen LogP contribution is -2.25. The molecule has 5 nitrogen and oxygen atoms in total. The van der Waals surface area contributed by atoms with Gasteiger partial charge in [0.15, 0.2) is 0 Å². The summed E-state index contributed by atoms with van der Waals surface area (Å²) in [5, 5.41) is 5.19. The van der Waals surface area contributed by atoms with Crippen molar-refractivity contribution >= 4 is 21.4 Å². The van der Waals surface area contributed by atoms with E-state index in [9.17, 15) is 8.42 Å². The minimum atomic E-state index is -3.43. The van der Waals surface area contributed by atoms with Crippen molar-refractivity contribution in [3.63, 3.8) is 0 Å². The van der Waals surface area contributed by atoms with Crippen LogP contribution in [-0.2, 0) is 30.0 Å². The molecule has 0 aromatic carbocycles. The van der Waals surface area contributed by atoms with Crippen LogP contribution in [0.25, 0.3) is 0 Å². The third-order valence-electron chi connectivity index (χ3n) is 3.19. The quantitative estimate of drug-likeness (QED) is 0.776. The highest BCUT2D eigenvalue weighted by molar-refractivity contribution is 7.89. The first-order valence-electron chi connectivity index (χ1n) is 6.91. The van der Waals surface area contributed by atoms with Gasteiger partial charge in [0.2, 0.25) is 10.0 Å². The second-order valence-electron chi connectivity index (χ2n) is 4.79. The highest BCUT2D eigenvalue weighted by atomic mass is 32.2. The van der Waals surface area contributed by atoms with Crippen LogP contribution in [0.4, 0.5) is 0 Å². The topological polar surface area (TPSA) is 63.1 Å². The molecule has 0 aliphatic rings. The Morgan fingerprint density at radius 2 is 2.19 bits per heavy atom. The first-order valence-corrected chi connectivity index (χ1v) is 9.27. The van der Waals surface area contributed by atoms with Crippen LogP contribution in [0.3, 0.4) is 0 Å². The standard InChI is InChI=1S/C14H21N3O2S2/c1-3-15-10-12-9-14(11-17(12)2)21(18,19)16-7-6-13-5-4-8-20-13/h4-5,8-9,11,15-16H,3,6-7,10H2,1-2H3. The van der Waals surface area contributed by atoms with Gasteiger partial charge in [-0.25, -0.2) is 13.1 Å². The van der Waals surface area contributed by atoms with Crippen LogP contribution in [0.1, 0.15) is 17.5 Å². The molecular weight excluding hydrogens is 306 g/mol. The molecule has 0 saturated carbocycles. The summed E-state index contributed by atoms with van der Waals surface area (Å²) in [7, 11) is -1.58. The summed E-state index contributed by atoms with van der Waals surface area (Å²) in [4.78, 5) is 1.50. The molecule has 0 unspecified atom stereocenters. The van der Waals surface area contributed by atoms with Crippen LogP contribution in [0.2, 0.25) is 0 Å². The summed E-state index contributed by atoms with van der Waals surface area (Å²) < 4.78 is 29.0. The maximum absolute atomic E-state index is 12.3. The minimum Gasteiger partial charge on any atom is -0.352 e. The molecule has 0 aliphatic heterocycles. The molecule has 0 atom stereocenters. The molecule has 0 amide bonds. The second-order valence-corrected chi connectivity index (χ2v) is 7.58. The van der Waals surface area contributed by atoms with Crippen LogP contribution >= 0.6 is 11.3 Å². The largest absolute Gasteiger partial charge is 0.352 e. The highest BCUT2D eigenvalue weighted by Gasteiger charge is 2.16. The molecule has 21 heavy (non-hydrogen) atoms. The second kappa shape index (κ2) is 7.22. The van der Waals surface area contributed by atoms with E-state index in [1.54, 1.807) is 23.6 Å². The Bertz CT molecular complexity index is 660. The van der Waals surface area contributed by atoms with E-state index in [1.165, 1.54) is 4.88 Å². The van der Waals surface area contributed by atoms with Gasteiger partial charge in [-0.2, -0.15) is 0 Å². The number of aryl methyl sites for hydroxylation is 1. The first kappa shape index (κ1) is 16.2. The molecule has 0 fully saturated rings. The number of sulfonamides is 1. The van der Waals surface area contributed by atoms with Crippen LogP contribution < -0.4 is 10.0 Å². The van der Waals surface area contributed by atoms with Crippen molar-refractivity contribution in [2.45, 2.75) is 24.8 Å². The lowest BCUT2D eigenvalue weighted by Gasteiger charge is -2.03. The molecule has 7 heteroatoms. The molecule has 0 aliphatic carbocycles. The molecule has 2 aromatic heterocycles. The van der Waals surface area contributed by atoms with E-state index in [0.717, 1.165) is 12.2 Å². The minimum absolute atomic E-state index is 0.323. The average molecular weight is 327 g/mol. The maximum atomic E-state index is 12.3. The molecule has 2 rings (SSSR count). The molecule has 0 spiro atoms. The smallest absolute Gasteiger partial charge is 0.242 e. The fourth-order valence-corrected chi connectivity index (χ4v) is 3.83. The van der Waals surface area contributed by atoms with Gasteiger partial charge in [0.05, 0.1) is 4.90 Å². The summed E-state index contributed by atoms with van der Waals surface area (Å²) in [5.74, 6) is 0. The highest BCUT2D eigenvalue weighted by Crippen LogP contribution is 2.14. The fraction of sp³-hybridized carbons (Fsp3) is 0.429. The molecule has 0 radical (unpaired) electrons. The van der Waals surface area contributed by atoms with E-state index in [1.807, 2.05) is 36.1 Å². The van der Waals surface area contributed by atoms with Crippen molar-refractivity contribution in [2.24, 2.45) is 7.05 Å². The number of hydrogen-bond donors (Lipinski definition) is 2. The van der Waals surface area contributed by atoms with Crippen molar-refractivity contribution in [3.8, 4) is 0 Å². The third kappa shape index (κ3) is 4.41. The van der Waals surface area contributed by atoms with Crippen LogP contribution in [0, 0.1) is 0 Å². The van der Waals surface area contributed by atoms with Gasteiger partial charge in [0.25, 0.3) is 0 Å². The van der Waals surface area contributed by atoms with E-state index in [2.05, 4.69) is 10.0 Å². The van der Waals surface area contributed by atoms with Gasteiger partial charge in [0, 0.05) is 36.9 Å². The molecular formula is C14H21N3O2S2. The van der Waals surface area contributed by atoms with Crippen LogP contribution in [-0.4, -0.2) is 26.1 Å². The van der Waals surface area contributed by atoms with Gasteiger partial charge in [-0.3, -0.25) is 0 Å². The Labute approximate surface area is 130 Å². The van der Waals surface area contributed by atoms with E-state index < -0.39 is 10.0 Å². The summed E-state index contributed by atoms with van der Waals surface area (Å²) >= 11 is 1.64. The van der Waals surface area contributed by atoms with E-state index in [-0.39, 0.29) is 0 Å². The Hall–Kier alpha value is -1.15. The predicted octanol–water partition coefficient (Wildman–Crippen LogP) is 1.72.